The molecule has 1 atom stereocenters. The van der Waals surface area contributed by atoms with Gasteiger partial charge in [0.15, 0.2) is 0 Å². The molecular formula is C30H36FN3O5S2. The van der Waals surface area contributed by atoms with E-state index in [4.69, 9.17) is 4.74 Å². The molecule has 8 nitrogen and oxygen atoms in total. The summed E-state index contributed by atoms with van der Waals surface area (Å²) in [6, 6.07) is 17.4. The second kappa shape index (κ2) is 14.4. The number of benzene rings is 3. The molecule has 1 N–H and O–H groups in total. The topological polar surface area (TPSA) is 96.0 Å². The second-order valence-corrected chi connectivity index (χ2v) is 12.3. The zero-order chi connectivity index (χ0) is 30.2. The van der Waals surface area contributed by atoms with Crippen LogP contribution < -0.4 is 14.4 Å². The number of anilines is 1. The fourth-order valence-corrected chi connectivity index (χ4v) is 5.94. The average molecular weight is 602 g/mol. The summed E-state index contributed by atoms with van der Waals surface area (Å²) >= 11 is 1.48. The summed E-state index contributed by atoms with van der Waals surface area (Å²) < 4.78 is 48.5. The molecule has 0 radical (unpaired) electrons. The molecule has 0 aliphatic carbocycles. The molecule has 220 valence electrons. The Bertz CT molecular complexity index is 1430. The number of thioether (sulfide) groups is 1. The number of nitrogens with zero attached hydrogens (tertiary/aromatic N) is 2. The van der Waals surface area contributed by atoms with E-state index in [9.17, 15) is 22.4 Å². The molecule has 0 fully saturated rings. The van der Waals surface area contributed by atoms with Crippen LogP contribution in [0.4, 0.5) is 10.1 Å². The zero-order valence-electron chi connectivity index (χ0n) is 23.8. The van der Waals surface area contributed by atoms with Crippen LogP contribution in [-0.4, -0.2) is 56.6 Å². The quantitative estimate of drug-likeness (QED) is 0.275. The van der Waals surface area contributed by atoms with Gasteiger partial charge in [-0.3, -0.25) is 13.9 Å². The van der Waals surface area contributed by atoms with Crippen molar-refractivity contribution in [2.45, 2.75) is 56.1 Å². The Morgan fingerprint density at radius 3 is 2.20 bits per heavy atom. The lowest BCUT2D eigenvalue weighted by molar-refractivity contribution is -0.139. The van der Waals surface area contributed by atoms with E-state index in [-0.39, 0.29) is 29.8 Å². The summed E-state index contributed by atoms with van der Waals surface area (Å²) in [5.41, 5.74) is 0.776. The first-order valence-corrected chi connectivity index (χ1v) is 15.9. The van der Waals surface area contributed by atoms with Crippen LogP contribution in [-0.2, 0) is 26.2 Å². The van der Waals surface area contributed by atoms with Gasteiger partial charge in [0, 0.05) is 17.5 Å². The first-order valence-electron chi connectivity index (χ1n) is 13.2. The highest BCUT2D eigenvalue weighted by Crippen LogP contribution is 2.33. The summed E-state index contributed by atoms with van der Waals surface area (Å²) in [6.45, 7) is 6.61. The lowest BCUT2D eigenvalue weighted by Crippen LogP contribution is -2.52. The van der Waals surface area contributed by atoms with E-state index in [0.29, 0.717) is 11.3 Å². The molecule has 2 amide bonds. The molecule has 3 aromatic rings. The number of sulfonamides is 1. The van der Waals surface area contributed by atoms with Crippen LogP contribution in [0.3, 0.4) is 0 Å². The lowest BCUT2D eigenvalue weighted by atomic mass is 10.1. The van der Waals surface area contributed by atoms with E-state index in [2.05, 4.69) is 5.32 Å². The number of amides is 2. The SMILES string of the molecule is CCOc1ccccc1N(CC(=O)N(Cc1ccc(F)cc1)C(C)C(=O)NC(C)C)S(=O)(=O)c1ccc(SC)cc1. The molecule has 41 heavy (non-hydrogen) atoms. The highest BCUT2D eigenvalue weighted by atomic mass is 32.2. The minimum atomic E-state index is -4.25. The Balaban J connectivity index is 2.08. The van der Waals surface area contributed by atoms with Crippen molar-refractivity contribution in [3.05, 3.63) is 84.2 Å². The van der Waals surface area contributed by atoms with E-state index >= 15 is 0 Å². The van der Waals surface area contributed by atoms with Gasteiger partial charge in [0.1, 0.15) is 24.2 Å². The number of para-hydroxylation sites is 2. The number of carbonyl (C=O) groups is 2. The molecule has 0 aliphatic heterocycles. The molecule has 3 rings (SSSR count). The van der Waals surface area contributed by atoms with Crippen molar-refractivity contribution >= 4 is 39.3 Å². The zero-order valence-corrected chi connectivity index (χ0v) is 25.5. The van der Waals surface area contributed by atoms with Crippen LogP contribution in [0.2, 0.25) is 0 Å². The largest absolute Gasteiger partial charge is 0.492 e. The highest BCUT2D eigenvalue weighted by Gasteiger charge is 2.34. The Hall–Kier alpha value is -3.57. The predicted molar refractivity (Wildman–Crippen MR) is 160 cm³/mol. The van der Waals surface area contributed by atoms with Gasteiger partial charge in [-0.1, -0.05) is 24.3 Å². The molecule has 0 aliphatic rings. The van der Waals surface area contributed by atoms with Gasteiger partial charge in [-0.2, -0.15) is 0 Å². The Labute approximate surface area is 245 Å². The van der Waals surface area contributed by atoms with E-state index in [1.807, 2.05) is 6.26 Å². The van der Waals surface area contributed by atoms with Crippen LogP contribution in [0, 0.1) is 5.82 Å². The van der Waals surface area contributed by atoms with Crippen molar-refractivity contribution in [2.75, 3.05) is 23.7 Å². The number of ether oxygens (including phenoxy) is 1. The van der Waals surface area contributed by atoms with Gasteiger partial charge in [-0.15, -0.1) is 11.8 Å². The monoisotopic (exact) mass is 601 g/mol. The Kier molecular flexibility index (Phi) is 11.2. The molecule has 0 saturated carbocycles. The van der Waals surface area contributed by atoms with Crippen LogP contribution in [0.25, 0.3) is 0 Å². The summed E-state index contributed by atoms with van der Waals surface area (Å²) in [6.07, 6.45) is 1.89. The molecular weight excluding hydrogens is 565 g/mol. The smallest absolute Gasteiger partial charge is 0.264 e. The maximum absolute atomic E-state index is 14.1. The third-order valence-electron chi connectivity index (χ3n) is 6.22. The lowest BCUT2D eigenvalue weighted by Gasteiger charge is -2.32. The highest BCUT2D eigenvalue weighted by molar-refractivity contribution is 7.98. The van der Waals surface area contributed by atoms with Crippen molar-refractivity contribution in [3.8, 4) is 5.75 Å². The number of rotatable bonds is 13. The van der Waals surface area contributed by atoms with Crippen molar-refractivity contribution in [1.82, 2.24) is 10.2 Å². The van der Waals surface area contributed by atoms with Crippen LogP contribution in [0.15, 0.2) is 82.6 Å². The van der Waals surface area contributed by atoms with Crippen LogP contribution in [0.5, 0.6) is 5.75 Å². The van der Waals surface area contributed by atoms with Gasteiger partial charge in [0.05, 0.1) is 17.2 Å². The maximum atomic E-state index is 14.1. The minimum absolute atomic E-state index is 0.00471. The van der Waals surface area contributed by atoms with Gasteiger partial charge in [-0.25, -0.2) is 12.8 Å². The summed E-state index contributed by atoms with van der Waals surface area (Å²) in [5, 5.41) is 2.80. The third kappa shape index (κ3) is 8.23. The molecule has 0 heterocycles. The fourth-order valence-electron chi connectivity index (χ4n) is 4.10. The van der Waals surface area contributed by atoms with Crippen molar-refractivity contribution in [2.24, 2.45) is 0 Å². The number of carbonyl (C=O) groups excluding carboxylic acids is 2. The summed E-state index contributed by atoms with van der Waals surface area (Å²) in [5.74, 6) is -1.15. The summed E-state index contributed by atoms with van der Waals surface area (Å²) in [4.78, 5) is 29.2. The average Bonchev–Trinajstić information content (AvgIpc) is 2.95. The van der Waals surface area contributed by atoms with E-state index < -0.39 is 40.2 Å². The van der Waals surface area contributed by atoms with Gasteiger partial charge < -0.3 is 15.0 Å². The second-order valence-electron chi connectivity index (χ2n) is 9.58. The minimum Gasteiger partial charge on any atom is -0.492 e. The molecule has 0 spiro atoms. The van der Waals surface area contributed by atoms with Gasteiger partial charge in [0.25, 0.3) is 10.0 Å². The normalized spacial score (nSPS) is 12.1. The molecule has 0 bridgehead atoms. The van der Waals surface area contributed by atoms with Crippen LogP contribution >= 0.6 is 11.8 Å². The van der Waals surface area contributed by atoms with Crippen molar-refractivity contribution in [3.63, 3.8) is 0 Å². The van der Waals surface area contributed by atoms with Crippen molar-refractivity contribution in [1.29, 1.82) is 0 Å². The number of hydrogen-bond acceptors (Lipinski definition) is 6. The van der Waals surface area contributed by atoms with Gasteiger partial charge in [-0.05, 0) is 88.0 Å². The molecule has 0 aromatic heterocycles. The maximum Gasteiger partial charge on any atom is 0.264 e. The standard InChI is InChI=1S/C30H36FN3O5S2/c1-6-39-28-10-8-7-9-27(28)34(41(37,38)26-17-15-25(40-5)16-18-26)20-29(35)33(22(4)30(36)32-21(2)3)19-23-11-13-24(31)14-12-23/h7-18,21-22H,6,19-20H2,1-5H3,(H,32,36). The Morgan fingerprint density at radius 1 is 0.976 bits per heavy atom. The first kappa shape index (κ1) is 32.0. The number of nitrogens with one attached hydrogen (secondary N) is 1. The van der Waals surface area contributed by atoms with Crippen molar-refractivity contribution < 1.29 is 27.1 Å². The van der Waals surface area contributed by atoms with Gasteiger partial charge in [0.2, 0.25) is 11.8 Å². The summed E-state index contributed by atoms with van der Waals surface area (Å²) in [7, 11) is -4.25. The third-order valence-corrected chi connectivity index (χ3v) is 8.74. The first-order chi connectivity index (χ1) is 19.5. The van der Waals surface area contributed by atoms with Crippen LogP contribution in [0.1, 0.15) is 33.3 Å². The Morgan fingerprint density at radius 2 is 1.61 bits per heavy atom. The molecule has 0 saturated heterocycles. The van der Waals surface area contributed by atoms with Gasteiger partial charge >= 0.3 is 0 Å². The molecule has 3 aromatic carbocycles. The molecule has 11 heteroatoms. The number of hydrogen-bond donors (Lipinski definition) is 1. The van der Waals surface area contributed by atoms with E-state index in [0.717, 1.165) is 9.20 Å². The fraction of sp³-hybridized carbons (Fsp3) is 0.333. The van der Waals surface area contributed by atoms with E-state index in [1.165, 1.54) is 53.1 Å². The molecule has 1 unspecified atom stereocenters. The predicted octanol–water partition coefficient (Wildman–Crippen LogP) is 5.08. The van der Waals surface area contributed by atoms with E-state index in [1.54, 1.807) is 64.1 Å². The number of halogens is 1.